The molecule has 0 fully saturated rings. The van der Waals surface area contributed by atoms with E-state index >= 15 is 0 Å². The number of ether oxygens (including phenoxy) is 1. The van der Waals surface area contributed by atoms with Gasteiger partial charge in [0.05, 0.1) is 12.0 Å². The van der Waals surface area contributed by atoms with Gasteiger partial charge in [-0.1, -0.05) is 13.8 Å². The summed E-state index contributed by atoms with van der Waals surface area (Å²) in [6.45, 7) is 6.59. The number of amides is 1. The van der Waals surface area contributed by atoms with Gasteiger partial charge >= 0.3 is 5.97 Å². The molecule has 1 aromatic heterocycles. The van der Waals surface area contributed by atoms with Crippen molar-refractivity contribution < 1.29 is 19.4 Å². The first-order valence-electron chi connectivity index (χ1n) is 8.29. The summed E-state index contributed by atoms with van der Waals surface area (Å²) in [4.78, 5) is 28.1. The standard InChI is InChI=1S/C18H24N2O4S/c1-4-19(5-2)8-9-20(12-17(21)22)18(23)16-10-13-6-7-14(24-3)11-15(13)25-16/h6-7,10-11H,4-5,8-9,12H2,1-3H3,(H,21,22). The quantitative estimate of drug-likeness (QED) is 0.741. The molecule has 6 nitrogen and oxygen atoms in total. The van der Waals surface area contributed by atoms with E-state index in [9.17, 15) is 9.59 Å². The molecular formula is C18H24N2O4S. The zero-order valence-corrected chi connectivity index (χ0v) is 15.6. The summed E-state index contributed by atoms with van der Waals surface area (Å²) in [6, 6.07) is 7.44. The SMILES string of the molecule is CCN(CC)CCN(CC(=O)O)C(=O)c1cc2ccc(OC)cc2s1. The van der Waals surface area contributed by atoms with Crippen molar-refractivity contribution in [2.24, 2.45) is 0 Å². The number of aliphatic carboxylic acids is 1. The highest BCUT2D eigenvalue weighted by molar-refractivity contribution is 7.20. The number of carboxylic acid groups (broad SMARTS) is 1. The molecule has 1 aromatic carbocycles. The number of carboxylic acids is 1. The van der Waals surface area contributed by atoms with Crippen LogP contribution in [0.1, 0.15) is 23.5 Å². The predicted octanol–water partition coefficient (Wildman–Crippen LogP) is 2.78. The number of carbonyl (C=O) groups excluding carboxylic acids is 1. The molecule has 2 rings (SSSR count). The Balaban J connectivity index is 2.21. The van der Waals surface area contributed by atoms with Crippen molar-refractivity contribution in [1.29, 1.82) is 0 Å². The normalized spacial score (nSPS) is 11.0. The van der Waals surface area contributed by atoms with Crippen LogP contribution >= 0.6 is 11.3 Å². The Hall–Kier alpha value is -2.12. The average molecular weight is 364 g/mol. The Labute approximate surface area is 151 Å². The number of fused-ring (bicyclic) bond motifs is 1. The molecule has 25 heavy (non-hydrogen) atoms. The summed E-state index contributed by atoms with van der Waals surface area (Å²) < 4.78 is 6.16. The number of benzene rings is 1. The zero-order valence-electron chi connectivity index (χ0n) is 14.8. The molecule has 0 unspecified atom stereocenters. The van der Waals surface area contributed by atoms with Crippen molar-refractivity contribution in [3.8, 4) is 5.75 Å². The van der Waals surface area contributed by atoms with E-state index in [4.69, 9.17) is 9.84 Å². The highest BCUT2D eigenvalue weighted by atomic mass is 32.1. The van der Waals surface area contributed by atoms with Crippen LogP contribution < -0.4 is 4.74 Å². The molecule has 1 heterocycles. The van der Waals surface area contributed by atoms with Crippen molar-refractivity contribution in [2.45, 2.75) is 13.8 Å². The molecule has 1 amide bonds. The second-order valence-corrected chi connectivity index (χ2v) is 6.75. The monoisotopic (exact) mass is 364 g/mol. The third-order valence-electron chi connectivity index (χ3n) is 4.13. The van der Waals surface area contributed by atoms with Gasteiger partial charge in [-0.3, -0.25) is 9.59 Å². The average Bonchev–Trinajstić information content (AvgIpc) is 3.03. The van der Waals surface area contributed by atoms with Crippen molar-refractivity contribution in [3.05, 3.63) is 29.1 Å². The number of hydrogen-bond donors (Lipinski definition) is 1. The number of nitrogens with zero attached hydrogens (tertiary/aromatic N) is 2. The van der Waals surface area contributed by atoms with Crippen molar-refractivity contribution in [1.82, 2.24) is 9.80 Å². The molecule has 0 aliphatic carbocycles. The molecule has 2 aromatic rings. The third-order valence-corrected chi connectivity index (χ3v) is 5.22. The molecule has 0 bridgehead atoms. The number of carbonyl (C=O) groups is 2. The largest absolute Gasteiger partial charge is 0.497 e. The number of thiophene rings is 1. The lowest BCUT2D eigenvalue weighted by atomic mass is 10.2. The van der Waals surface area contributed by atoms with E-state index in [0.717, 1.165) is 28.9 Å². The van der Waals surface area contributed by atoms with Crippen LogP contribution in [0.5, 0.6) is 5.75 Å². The molecule has 0 saturated carbocycles. The Morgan fingerprint density at radius 3 is 2.48 bits per heavy atom. The van der Waals surface area contributed by atoms with Gasteiger partial charge in [0.1, 0.15) is 12.3 Å². The Bertz CT molecular complexity index is 740. The minimum Gasteiger partial charge on any atom is -0.497 e. The molecule has 0 aliphatic heterocycles. The highest BCUT2D eigenvalue weighted by Gasteiger charge is 2.21. The summed E-state index contributed by atoms with van der Waals surface area (Å²) in [5.41, 5.74) is 0. The molecular weight excluding hydrogens is 340 g/mol. The molecule has 0 atom stereocenters. The van der Waals surface area contributed by atoms with Crippen LogP contribution in [0, 0.1) is 0 Å². The molecule has 0 aliphatic rings. The molecule has 0 spiro atoms. The maximum absolute atomic E-state index is 12.8. The second kappa shape index (κ2) is 8.82. The Morgan fingerprint density at radius 1 is 1.16 bits per heavy atom. The smallest absolute Gasteiger partial charge is 0.323 e. The first-order valence-corrected chi connectivity index (χ1v) is 9.11. The van der Waals surface area contributed by atoms with Crippen LogP contribution in [0.4, 0.5) is 0 Å². The summed E-state index contributed by atoms with van der Waals surface area (Å²) in [6.07, 6.45) is 0. The van der Waals surface area contributed by atoms with Crippen LogP contribution in [0.2, 0.25) is 0 Å². The number of methoxy groups -OCH3 is 1. The van der Waals surface area contributed by atoms with Crippen molar-refractivity contribution >= 4 is 33.3 Å². The van der Waals surface area contributed by atoms with Gasteiger partial charge in [0.2, 0.25) is 0 Å². The molecule has 136 valence electrons. The first-order chi connectivity index (χ1) is 12.0. The van der Waals surface area contributed by atoms with Crippen LogP contribution in [-0.2, 0) is 4.79 Å². The van der Waals surface area contributed by atoms with Gasteiger partial charge in [0.15, 0.2) is 0 Å². The topological polar surface area (TPSA) is 70.1 Å². The minimum atomic E-state index is -1.00. The summed E-state index contributed by atoms with van der Waals surface area (Å²) >= 11 is 1.36. The fourth-order valence-corrected chi connectivity index (χ4v) is 3.68. The molecule has 0 radical (unpaired) electrons. The molecule has 0 saturated heterocycles. The Morgan fingerprint density at radius 2 is 1.88 bits per heavy atom. The number of hydrogen-bond acceptors (Lipinski definition) is 5. The van der Waals surface area contributed by atoms with Gasteiger partial charge in [0.25, 0.3) is 5.91 Å². The number of rotatable bonds is 9. The van der Waals surface area contributed by atoms with E-state index in [1.807, 2.05) is 38.1 Å². The van der Waals surface area contributed by atoms with Gasteiger partial charge in [0, 0.05) is 17.8 Å². The predicted molar refractivity (Wildman–Crippen MR) is 99.7 cm³/mol. The van der Waals surface area contributed by atoms with E-state index in [1.54, 1.807) is 7.11 Å². The second-order valence-electron chi connectivity index (χ2n) is 5.66. The van der Waals surface area contributed by atoms with Gasteiger partial charge in [-0.2, -0.15) is 0 Å². The first kappa shape index (κ1) is 19.2. The maximum atomic E-state index is 12.8. The van der Waals surface area contributed by atoms with Gasteiger partial charge < -0.3 is 19.6 Å². The third kappa shape index (κ3) is 4.93. The summed E-state index contributed by atoms with van der Waals surface area (Å²) in [5.74, 6) is -0.511. The lowest BCUT2D eigenvalue weighted by Crippen LogP contribution is -2.41. The van der Waals surface area contributed by atoms with E-state index in [1.165, 1.54) is 16.2 Å². The summed E-state index contributed by atoms with van der Waals surface area (Å²) in [7, 11) is 1.60. The maximum Gasteiger partial charge on any atom is 0.323 e. The zero-order chi connectivity index (χ0) is 18.4. The van der Waals surface area contributed by atoms with Gasteiger partial charge in [-0.05, 0) is 42.7 Å². The fourth-order valence-electron chi connectivity index (χ4n) is 2.62. The molecule has 7 heteroatoms. The van der Waals surface area contributed by atoms with Crippen LogP contribution in [0.3, 0.4) is 0 Å². The van der Waals surface area contributed by atoms with E-state index in [0.29, 0.717) is 18.0 Å². The van der Waals surface area contributed by atoms with E-state index in [2.05, 4.69) is 4.90 Å². The van der Waals surface area contributed by atoms with Crippen LogP contribution in [-0.4, -0.2) is 66.6 Å². The highest BCUT2D eigenvalue weighted by Crippen LogP contribution is 2.29. The van der Waals surface area contributed by atoms with Crippen LogP contribution in [0.25, 0.3) is 10.1 Å². The van der Waals surface area contributed by atoms with Crippen molar-refractivity contribution in [2.75, 3.05) is 39.8 Å². The van der Waals surface area contributed by atoms with E-state index < -0.39 is 5.97 Å². The van der Waals surface area contributed by atoms with Gasteiger partial charge in [-0.15, -0.1) is 11.3 Å². The fraction of sp³-hybridized carbons (Fsp3) is 0.444. The Kier molecular flexibility index (Phi) is 6.78. The molecule has 1 N–H and O–H groups in total. The summed E-state index contributed by atoms with van der Waals surface area (Å²) in [5, 5.41) is 10.1. The lowest BCUT2D eigenvalue weighted by Gasteiger charge is -2.24. The van der Waals surface area contributed by atoms with E-state index in [-0.39, 0.29) is 12.5 Å². The number of likely N-dealkylation sites (N-methyl/N-ethyl adjacent to an activating group) is 1. The van der Waals surface area contributed by atoms with Gasteiger partial charge in [-0.25, -0.2) is 0 Å². The lowest BCUT2D eigenvalue weighted by molar-refractivity contribution is -0.137. The minimum absolute atomic E-state index is 0.241. The van der Waals surface area contributed by atoms with Crippen molar-refractivity contribution in [3.63, 3.8) is 0 Å². The van der Waals surface area contributed by atoms with Crippen LogP contribution in [0.15, 0.2) is 24.3 Å².